The van der Waals surface area contributed by atoms with Crippen molar-refractivity contribution in [3.63, 3.8) is 0 Å². The number of nitrogens with one attached hydrogen (secondary N) is 1. The number of hydrogen-bond donors (Lipinski definition) is 1. The normalized spacial score (nSPS) is 12.4. The summed E-state index contributed by atoms with van der Waals surface area (Å²) >= 11 is 0. The molecule has 0 aliphatic heterocycles. The fraction of sp³-hybridized carbons (Fsp3) is 0.333. The molecule has 0 saturated heterocycles. The van der Waals surface area contributed by atoms with Gasteiger partial charge in [-0.2, -0.15) is 0 Å². The van der Waals surface area contributed by atoms with Crippen LogP contribution < -0.4 is 5.32 Å². The van der Waals surface area contributed by atoms with E-state index in [1.807, 2.05) is 0 Å². The minimum absolute atomic E-state index is 0.376. The van der Waals surface area contributed by atoms with Gasteiger partial charge in [-0.1, -0.05) is 48.0 Å². The molecule has 0 bridgehead atoms. The summed E-state index contributed by atoms with van der Waals surface area (Å²) in [6.45, 7) is 9.59. The highest BCUT2D eigenvalue weighted by molar-refractivity contribution is 5.30. The van der Waals surface area contributed by atoms with Gasteiger partial charge in [0.2, 0.25) is 0 Å². The van der Waals surface area contributed by atoms with Crippen molar-refractivity contribution in [1.29, 1.82) is 0 Å². The van der Waals surface area contributed by atoms with E-state index in [4.69, 9.17) is 0 Å². The van der Waals surface area contributed by atoms with Crippen LogP contribution in [-0.2, 0) is 6.54 Å². The van der Waals surface area contributed by atoms with Gasteiger partial charge in [-0.05, 0) is 49.9 Å². The Bertz CT molecular complexity index is 557. The first-order valence-corrected chi connectivity index (χ1v) is 6.92. The van der Waals surface area contributed by atoms with Crippen LogP contribution >= 0.6 is 0 Å². The van der Waals surface area contributed by atoms with Gasteiger partial charge in [0, 0.05) is 12.6 Å². The van der Waals surface area contributed by atoms with Crippen molar-refractivity contribution >= 4 is 0 Å². The molecule has 0 spiro atoms. The topological polar surface area (TPSA) is 12.0 Å². The molecule has 0 fully saturated rings. The van der Waals surface area contributed by atoms with Gasteiger partial charge in [0.15, 0.2) is 0 Å². The average Bonchev–Trinajstić information content (AvgIpc) is 2.40. The van der Waals surface area contributed by atoms with Crippen LogP contribution in [0.4, 0.5) is 0 Å². The summed E-state index contributed by atoms with van der Waals surface area (Å²) in [5, 5.41) is 3.59. The predicted molar refractivity (Wildman–Crippen MR) is 82.3 cm³/mol. The molecule has 100 valence electrons. The highest BCUT2D eigenvalue weighted by atomic mass is 14.9. The summed E-state index contributed by atoms with van der Waals surface area (Å²) < 4.78 is 0. The largest absolute Gasteiger partial charge is 0.306 e. The van der Waals surface area contributed by atoms with Crippen molar-refractivity contribution in [2.24, 2.45) is 0 Å². The van der Waals surface area contributed by atoms with E-state index in [1.165, 1.54) is 27.8 Å². The lowest BCUT2D eigenvalue weighted by Crippen LogP contribution is -2.18. The van der Waals surface area contributed by atoms with Gasteiger partial charge in [-0.25, -0.2) is 0 Å². The Balaban J connectivity index is 2.00. The minimum atomic E-state index is 0.376. The van der Waals surface area contributed by atoms with E-state index >= 15 is 0 Å². The molecular formula is C18H23N. The second kappa shape index (κ2) is 6.03. The van der Waals surface area contributed by atoms with Crippen molar-refractivity contribution in [2.45, 2.75) is 40.3 Å². The number of hydrogen-bond acceptors (Lipinski definition) is 1. The third-order valence-electron chi connectivity index (χ3n) is 3.73. The van der Waals surface area contributed by atoms with Crippen LogP contribution in [0.1, 0.15) is 40.8 Å². The molecule has 2 aromatic carbocycles. The highest BCUT2D eigenvalue weighted by Gasteiger charge is 2.05. The van der Waals surface area contributed by atoms with E-state index in [2.05, 4.69) is 75.5 Å². The smallest absolute Gasteiger partial charge is 0.0295 e. The maximum Gasteiger partial charge on any atom is 0.0295 e. The third kappa shape index (κ3) is 3.68. The molecule has 0 unspecified atom stereocenters. The van der Waals surface area contributed by atoms with Crippen LogP contribution in [0.2, 0.25) is 0 Å². The molecule has 1 nitrogen and oxygen atoms in total. The molecule has 1 atom stereocenters. The zero-order chi connectivity index (χ0) is 13.8. The molecule has 0 heterocycles. The monoisotopic (exact) mass is 253 g/mol. The Labute approximate surface area is 116 Å². The fourth-order valence-corrected chi connectivity index (χ4v) is 2.24. The first kappa shape index (κ1) is 13.8. The summed E-state index contributed by atoms with van der Waals surface area (Å²) in [6, 6.07) is 15.7. The van der Waals surface area contributed by atoms with Gasteiger partial charge in [0.25, 0.3) is 0 Å². The van der Waals surface area contributed by atoms with Crippen molar-refractivity contribution in [1.82, 2.24) is 5.32 Å². The Kier molecular flexibility index (Phi) is 4.39. The summed E-state index contributed by atoms with van der Waals surface area (Å²) in [6.07, 6.45) is 0. The summed E-state index contributed by atoms with van der Waals surface area (Å²) in [5.41, 5.74) is 6.74. The molecule has 0 aliphatic rings. The standard InChI is InChI=1S/C18H23N/c1-13-6-5-7-18(10-13)16(4)19-12-17-9-8-14(2)15(3)11-17/h5-11,16,19H,12H2,1-4H3/t16-/m1/s1. The molecule has 0 aromatic heterocycles. The second-order valence-corrected chi connectivity index (χ2v) is 5.44. The second-order valence-electron chi connectivity index (χ2n) is 5.44. The number of benzene rings is 2. The molecule has 0 aliphatic carbocycles. The molecule has 1 N–H and O–H groups in total. The summed E-state index contributed by atoms with van der Waals surface area (Å²) in [5.74, 6) is 0. The first-order chi connectivity index (χ1) is 9.06. The van der Waals surface area contributed by atoms with Crippen LogP contribution in [-0.4, -0.2) is 0 Å². The lowest BCUT2D eigenvalue weighted by Gasteiger charge is -2.15. The van der Waals surface area contributed by atoms with E-state index in [0.717, 1.165) is 6.54 Å². The predicted octanol–water partition coefficient (Wildman–Crippen LogP) is 4.46. The summed E-state index contributed by atoms with van der Waals surface area (Å²) in [4.78, 5) is 0. The zero-order valence-electron chi connectivity index (χ0n) is 12.3. The summed E-state index contributed by atoms with van der Waals surface area (Å²) in [7, 11) is 0. The number of rotatable bonds is 4. The van der Waals surface area contributed by atoms with Crippen molar-refractivity contribution < 1.29 is 0 Å². The van der Waals surface area contributed by atoms with E-state index in [9.17, 15) is 0 Å². The Morgan fingerprint density at radius 2 is 1.74 bits per heavy atom. The maximum atomic E-state index is 3.59. The van der Waals surface area contributed by atoms with E-state index in [0.29, 0.717) is 6.04 Å². The van der Waals surface area contributed by atoms with Crippen molar-refractivity contribution in [3.05, 3.63) is 70.3 Å². The molecule has 1 heteroatoms. The molecule has 0 saturated carbocycles. The van der Waals surface area contributed by atoms with Crippen molar-refractivity contribution in [2.75, 3.05) is 0 Å². The quantitative estimate of drug-likeness (QED) is 0.848. The highest BCUT2D eigenvalue weighted by Crippen LogP contribution is 2.15. The van der Waals surface area contributed by atoms with Gasteiger partial charge in [0.05, 0.1) is 0 Å². The Morgan fingerprint density at radius 1 is 0.947 bits per heavy atom. The number of aryl methyl sites for hydroxylation is 3. The molecular weight excluding hydrogens is 230 g/mol. The first-order valence-electron chi connectivity index (χ1n) is 6.92. The van der Waals surface area contributed by atoms with Crippen LogP contribution in [0.3, 0.4) is 0 Å². The Morgan fingerprint density at radius 3 is 2.42 bits per heavy atom. The van der Waals surface area contributed by atoms with Crippen LogP contribution in [0.25, 0.3) is 0 Å². The fourth-order valence-electron chi connectivity index (χ4n) is 2.24. The molecule has 2 rings (SSSR count). The van der Waals surface area contributed by atoms with Crippen LogP contribution in [0, 0.1) is 20.8 Å². The van der Waals surface area contributed by atoms with Crippen LogP contribution in [0.5, 0.6) is 0 Å². The van der Waals surface area contributed by atoms with E-state index in [-0.39, 0.29) is 0 Å². The Hall–Kier alpha value is -1.60. The maximum absolute atomic E-state index is 3.59. The SMILES string of the molecule is Cc1cccc([C@@H](C)NCc2ccc(C)c(C)c2)c1. The minimum Gasteiger partial charge on any atom is -0.306 e. The van der Waals surface area contributed by atoms with Gasteiger partial charge in [-0.15, -0.1) is 0 Å². The van der Waals surface area contributed by atoms with E-state index in [1.54, 1.807) is 0 Å². The molecule has 19 heavy (non-hydrogen) atoms. The molecule has 2 aromatic rings. The third-order valence-corrected chi connectivity index (χ3v) is 3.73. The molecule has 0 radical (unpaired) electrons. The zero-order valence-corrected chi connectivity index (χ0v) is 12.3. The van der Waals surface area contributed by atoms with Gasteiger partial charge < -0.3 is 5.32 Å². The van der Waals surface area contributed by atoms with Crippen molar-refractivity contribution in [3.8, 4) is 0 Å². The van der Waals surface area contributed by atoms with Gasteiger partial charge in [-0.3, -0.25) is 0 Å². The van der Waals surface area contributed by atoms with Crippen LogP contribution in [0.15, 0.2) is 42.5 Å². The van der Waals surface area contributed by atoms with E-state index < -0.39 is 0 Å². The lowest BCUT2D eigenvalue weighted by atomic mass is 10.0. The lowest BCUT2D eigenvalue weighted by molar-refractivity contribution is 0.574. The van der Waals surface area contributed by atoms with Gasteiger partial charge in [0.1, 0.15) is 0 Å². The molecule has 0 amide bonds. The average molecular weight is 253 g/mol. The van der Waals surface area contributed by atoms with Gasteiger partial charge >= 0.3 is 0 Å².